The van der Waals surface area contributed by atoms with E-state index in [0.717, 1.165) is 10.9 Å². The molecule has 3 aromatic rings. The fraction of sp³-hybridized carbons (Fsp3) is 0.150. The number of amides is 3. The van der Waals surface area contributed by atoms with Crippen LogP contribution in [0.25, 0.3) is 10.9 Å². The molecule has 136 valence electrons. The smallest absolute Gasteiger partial charge is 0.254 e. The Morgan fingerprint density at radius 3 is 2.81 bits per heavy atom. The predicted molar refractivity (Wildman–Crippen MR) is 102 cm³/mol. The number of anilines is 2. The Morgan fingerprint density at radius 2 is 1.93 bits per heavy atom. The third kappa shape index (κ3) is 3.52. The molecule has 0 radical (unpaired) electrons. The maximum absolute atomic E-state index is 12.3. The van der Waals surface area contributed by atoms with Crippen molar-refractivity contribution in [2.75, 3.05) is 10.6 Å². The minimum Gasteiger partial charge on any atom is -0.361 e. The van der Waals surface area contributed by atoms with Crippen LogP contribution in [-0.4, -0.2) is 28.7 Å². The highest BCUT2D eigenvalue weighted by molar-refractivity contribution is 6.10. The molecule has 7 nitrogen and oxygen atoms in total. The van der Waals surface area contributed by atoms with Crippen LogP contribution in [0.3, 0.4) is 0 Å². The maximum atomic E-state index is 12.3. The first-order valence-corrected chi connectivity index (χ1v) is 8.68. The number of rotatable bonds is 4. The Balaban J connectivity index is 1.38. The van der Waals surface area contributed by atoms with Crippen LogP contribution >= 0.6 is 0 Å². The summed E-state index contributed by atoms with van der Waals surface area (Å²) in [5.41, 5.74) is 2.50. The van der Waals surface area contributed by atoms with Gasteiger partial charge in [-0.05, 0) is 42.1 Å². The average Bonchev–Trinajstić information content (AvgIpc) is 3.08. The van der Waals surface area contributed by atoms with E-state index < -0.39 is 6.04 Å². The number of nitrogens with one attached hydrogen (secondary N) is 4. The van der Waals surface area contributed by atoms with E-state index in [1.807, 2.05) is 30.5 Å². The second kappa shape index (κ2) is 6.95. The maximum Gasteiger partial charge on any atom is 0.254 e. The van der Waals surface area contributed by atoms with Gasteiger partial charge >= 0.3 is 0 Å². The first-order chi connectivity index (χ1) is 13.1. The summed E-state index contributed by atoms with van der Waals surface area (Å²) in [6.45, 7) is 0. The van der Waals surface area contributed by atoms with E-state index in [1.54, 1.807) is 24.3 Å². The van der Waals surface area contributed by atoms with E-state index in [4.69, 9.17) is 0 Å². The molecule has 3 amide bonds. The summed E-state index contributed by atoms with van der Waals surface area (Å²) in [5.74, 6) is -0.870. The lowest BCUT2D eigenvalue weighted by Crippen LogP contribution is -2.41. The quantitative estimate of drug-likeness (QED) is 0.574. The second-order valence-electron chi connectivity index (χ2n) is 6.43. The van der Waals surface area contributed by atoms with Gasteiger partial charge in [0.2, 0.25) is 11.8 Å². The van der Waals surface area contributed by atoms with Gasteiger partial charge in [0.1, 0.15) is 6.04 Å². The summed E-state index contributed by atoms with van der Waals surface area (Å²) in [7, 11) is 0. The minimum absolute atomic E-state index is 0.109. The van der Waals surface area contributed by atoms with Crippen LogP contribution in [0, 0.1) is 0 Å². The third-order valence-electron chi connectivity index (χ3n) is 4.55. The van der Waals surface area contributed by atoms with E-state index in [2.05, 4.69) is 20.9 Å². The molecule has 1 atom stereocenters. The zero-order chi connectivity index (χ0) is 18.8. The number of H-pyrrole nitrogens is 1. The van der Waals surface area contributed by atoms with E-state index in [0.29, 0.717) is 16.9 Å². The molecule has 27 heavy (non-hydrogen) atoms. The highest BCUT2D eigenvalue weighted by Gasteiger charge is 2.27. The van der Waals surface area contributed by atoms with Gasteiger partial charge < -0.3 is 20.9 Å². The topological polar surface area (TPSA) is 103 Å². The van der Waals surface area contributed by atoms with Crippen molar-refractivity contribution in [1.82, 2.24) is 10.3 Å². The molecule has 0 bridgehead atoms. The van der Waals surface area contributed by atoms with Gasteiger partial charge in [0, 0.05) is 23.8 Å². The summed E-state index contributed by atoms with van der Waals surface area (Å²) in [6.07, 6.45) is 2.15. The summed E-state index contributed by atoms with van der Waals surface area (Å²) < 4.78 is 0. The van der Waals surface area contributed by atoms with Crippen molar-refractivity contribution >= 4 is 40.0 Å². The lowest BCUT2D eigenvalue weighted by atomic mass is 10.1. The fourth-order valence-electron chi connectivity index (χ4n) is 3.14. The molecule has 0 aliphatic carbocycles. The number of benzene rings is 2. The third-order valence-corrected chi connectivity index (χ3v) is 4.55. The van der Waals surface area contributed by atoms with Gasteiger partial charge in [0.15, 0.2) is 0 Å². The number of hydrogen-bond donors (Lipinski definition) is 4. The lowest BCUT2D eigenvalue weighted by Gasteiger charge is -2.14. The highest BCUT2D eigenvalue weighted by atomic mass is 16.2. The SMILES string of the molecule is O=C(CCC1NC(=O)c2ccccc2NC1=O)Nc1ccc2cc[nH]c2c1. The number of fused-ring (bicyclic) bond motifs is 2. The van der Waals surface area contributed by atoms with Gasteiger partial charge in [-0.1, -0.05) is 18.2 Å². The molecule has 0 spiro atoms. The molecule has 1 aliphatic rings. The highest BCUT2D eigenvalue weighted by Crippen LogP contribution is 2.20. The first kappa shape index (κ1) is 16.8. The molecule has 1 aromatic heterocycles. The van der Waals surface area contributed by atoms with E-state index in [-0.39, 0.29) is 30.6 Å². The standard InChI is InChI=1S/C20H18N4O3/c25-18(22-13-6-5-12-9-10-21-17(12)11-13)8-7-16-20(27)23-15-4-2-1-3-14(15)19(26)24-16/h1-6,9-11,16,21H,7-8H2,(H,22,25)(H,23,27)(H,24,26). The Labute approximate surface area is 155 Å². The van der Waals surface area contributed by atoms with Crippen molar-refractivity contribution in [3.05, 3.63) is 60.3 Å². The largest absolute Gasteiger partial charge is 0.361 e. The van der Waals surface area contributed by atoms with Crippen molar-refractivity contribution in [3.8, 4) is 0 Å². The number of aromatic nitrogens is 1. The van der Waals surface area contributed by atoms with Crippen molar-refractivity contribution in [2.24, 2.45) is 0 Å². The van der Waals surface area contributed by atoms with Crippen molar-refractivity contribution in [3.63, 3.8) is 0 Å². The van der Waals surface area contributed by atoms with Crippen LogP contribution in [-0.2, 0) is 9.59 Å². The van der Waals surface area contributed by atoms with E-state index >= 15 is 0 Å². The van der Waals surface area contributed by atoms with Crippen molar-refractivity contribution in [1.29, 1.82) is 0 Å². The Morgan fingerprint density at radius 1 is 1.07 bits per heavy atom. The van der Waals surface area contributed by atoms with Crippen molar-refractivity contribution in [2.45, 2.75) is 18.9 Å². The molecule has 0 saturated heterocycles. The molecule has 4 rings (SSSR count). The van der Waals surface area contributed by atoms with Crippen molar-refractivity contribution < 1.29 is 14.4 Å². The summed E-state index contributed by atoms with van der Waals surface area (Å²) in [4.78, 5) is 40.0. The number of carbonyl (C=O) groups is 3. The normalized spacial score (nSPS) is 16.2. The summed E-state index contributed by atoms with van der Waals surface area (Å²) >= 11 is 0. The Hall–Kier alpha value is -3.61. The number of carbonyl (C=O) groups excluding carboxylic acids is 3. The zero-order valence-corrected chi connectivity index (χ0v) is 14.4. The van der Waals surface area contributed by atoms with Crippen LogP contribution in [0.1, 0.15) is 23.2 Å². The van der Waals surface area contributed by atoms with Gasteiger partial charge in [-0.3, -0.25) is 14.4 Å². The predicted octanol–water partition coefficient (Wildman–Crippen LogP) is 2.64. The first-order valence-electron chi connectivity index (χ1n) is 8.68. The number of aromatic amines is 1. The minimum atomic E-state index is -0.762. The summed E-state index contributed by atoms with van der Waals surface area (Å²) in [6, 6.07) is 13.6. The number of para-hydroxylation sites is 1. The summed E-state index contributed by atoms with van der Waals surface area (Å²) in [5, 5.41) is 9.30. The Kier molecular flexibility index (Phi) is 4.33. The zero-order valence-electron chi connectivity index (χ0n) is 14.4. The lowest BCUT2D eigenvalue weighted by molar-refractivity contribution is -0.118. The molecule has 4 N–H and O–H groups in total. The molecule has 2 aromatic carbocycles. The van der Waals surface area contributed by atoms with Crippen LogP contribution in [0.2, 0.25) is 0 Å². The van der Waals surface area contributed by atoms with E-state index in [1.165, 1.54) is 0 Å². The van der Waals surface area contributed by atoms with E-state index in [9.17, 15) is 14.4 Å². The number of hydrogen-bond acceptors (Lipinski definition) is 3. The molecule has 7 heteroatoms. The second-order valence-corrected chi connectivity index (χ2v) is 6.43. The molecule has 0 fully saturated rings. The van der Waals surface area contributed by atoms with Gasteiger partial charge in [-0.15, -0.1) is 0 Å². The molecule has 2 heterocycles. The fourth-order valence-corrected chi connectivity index (χ4v) is 3.14. The van der Waals surface area contributed by atoms with Crippen LogP contribution < -0.4 is 16.0 Å². The molecule has 1 aliphatic heterocycles. The van der Waals surface area contributed by atoms with Gasteiger partial charge in [-0.2, -0.15) is 0 Å². The van der Waals surface area contributed by atoms with Gasteiger partial charge in [-0.25, -0.2) is 0 Å². The monoisotopic (exact) mass is 362 g/mol. The van der Waals surface area contributed by atoms with Crippen LogP contribution in [0.15, 0.2) is 54.7 Å². The van der Waals surface area contributed by atoms with Crippen LogP contribution in [0.4, 0.5) is 11.4 Å². The average molecular weight is 362 g/mol. The molecule has 1 unspecified atom stereocenters. The molecular formula is C20H18N4O3. The van der Waals surface area contributed by atoms with Gasteiger partial charge in [0.25, 0.3) is 5.91 Å². The van der Waals surface area contributed by atoms with Crippen LogP contribution in [0.5, 0.6) is 0 Å². The van der Waals surface area contributed by atoms with Gasteiger partial charge in [0.05, 0.1) is 11.3 Å². The molecular weight excluding hydrogens is 344 g/mol. The Bertz CT molecular complexity index is 1040. The molecule has 0 saturated carbocycles.